The topological polar surface area (TPSA) is 95.9 Å². The van der Waals surface area contributed by atoms with Crippen LogP contribution in [0, 0.1) is 0 Å². The summed E-state index contributed by atoms with van der Waals surface area (Å²) in [5.74, 6) is -0.880. The SMILES string of the molecule is O=C(O)CCc1cccc(NS(=O)(=O)N2CCOCC2)c1. The molecule has 1 heterocycles. The number of hydrogen-bond donors (Lipinski definition) is 2. The highest BCUT2D eigenvalue weighted by Crippen LogP contribution is 2.16. The highest BCUT2D eigenvalue weighted by atomic mass is 32.2. The lowest BCUT2D eigenvalue weighted by molar-refractivity contribution is -0.136. The summed E-state index contributed by atoms with van der Waals surface area (Å²) in [7, 11) is -3.60. The van der Waals surface area contributed by atoms with Crippen molar-refractivity contribution in [3.63, 3.8) is 0 Å². The fourth-order valence-corrected chi connectivity index (χ4v) is 3.23. The van der Waals surface area contributed by atoms with Gasteiger partial charge >= 0.3 is 16.2 Å². The largest absolute Gasteiger partial charge is 0.481 e. The molecule has 1 aromatic carbocycles. The predicted octanol–water partition coefficient (Wildman–Crippen LogP) is 0.693. The molecule has 1 saturated heterocycles. The van der Waals surface area contributed by atoms with Crippen molar-refractivity contribution in [2.24, 2.45) is 0 Å². The molecule has 0 saturated carbocycles. The zero-order valence-corrected chi connectivity index (χ0v) is 12.3. The van der Waals surface area contributed by atoms with E-state index >= 15 is 0 Å². The van der Waals surface area contributed by atoms with E-state index in [-0.39, 0.29) is 6.42 Å². The summed E-state index contributed by atoms with van der Waals surface area (Å²) in [4.78, 5) is 10.6. The second-order valence-corrected chi connectivity index (χ2v) is 6.38. The molecule has 0 unspecified atom stereocenters. The molecule has 2 N–H and O–H groups in total. The standard InChI is InChI=1S/C13H18N2O5S/c16-13(17)5-4-11-2-1-3-12(10-11)14-21(18,19)15-6-8-20-9-7-15/h1-3,10,14H,4-9H2,(H,16,17). The van der Waals surface area contributed by atoms with Crippen molar-refractivity contribution in [3.8, 4) is 0 Å². The predicted molar refractivity (Wildman–Crippen MR) is 77.3 cm³/mol. The molecule has 21 heavy (non-hydrogen) atoms. The number of hydrogen-bond acceptors (Lipinski definition) is 4. The van der Waals surface area contributed by atoms with Crippen LogP contribution in [-0.2, 0) is 26.2 Å². The fraction of sp³-hybridized carbons (Fsp3) is 0.462. The van der Waals surface area contributed by atoms with Gasteiger partial charge in [-0.25, -0.2) is 0 Å². The Balaban J connectivity index is 2.04. The first-order valence-electron chi connectivity index (χ1n) is 6.64. The molecular weight excluding hydrogens is 296 g/mol. The summed E-state index contributed by atoms with van der Waals surface area (Å²) in [6.45, 7) is 1.43. The summed E-state index contributed by atoms with van der Waals surface area (Å²) in [5, 5.41) is 8.67. The monoisotopic (exact) mass is 314 g/mol. The van der Waals surface area contributed by atoms with Gasteiger partial charge in [-0.1, -0.05) is 12.1 Å². The first kappa shape index (κ1) is 15.7. The summed E-state index contributed by atoms with van der Waals surface area (Å²) >= 11 is 0. The molecule has 116 valence electrons. The van der Waals surface area contributed by atoms with Crippen LogP contribution in [0.3, 0.4) is 0 Å². The number of nitrogens with one attached hydrogen (secondary N) is 1. The molecule has 0 radical (unpaired) electrons. The maximum absolute atomic E-state index is 12.2. The summed E-state index contributed by atoms with van der Waals surface area (Å²) < 4.78 is 33.4. The van der Waals surface area contributed by atoms with Gasteiger partial charge in [0.1, 0.15) is 0 Å². The van der Waals surface area contributed by atoms with Gasteiger partial charge in [0, 0.05) is 19.5 Å². The number of rotatable bonds is 6. The van der Waals surface area contributed by atoms with Crippen molar-refractivity contribution >= 4 is 21.9 Å². The lowest BCUT2D eigenvalue weighted by Gasteiger charge is -2.26. The van der Waals surface area contributed by atoms with Crippen LogP contribution in [0.15, 0.2) is 24.3 Å². The van der Waals surface area contributed by atoms with Crippen LogP contribution in [-0.4, -0.2) is 50.1 Å². The number of carbonyl (C=O) groups is 1. The third kappa shape index (κ3) is 4.69. The van der Waals surface area contributed by atoms with E-state index in [1.54, 1.807) is 24.3 Å². The zero-order valence-electron chi connectivity index (χ0n) is 11.5. The first-order valence-corrected chi connectivity index (χ1v) is 8.08. The van der Waals surface area contributed by atoms with Gasteiger partial charge in [0.2, 0.25) is 0 Å². The second kappa shape index (κ2) is 6.88. The normalized spacial score (nSPS) is 16.6. The number of anilines is 1. The zero-order chi connectivity index (χ0) is 15.3. The molecule has 2 rings (SSSR count). The Morgan fingerprint density at radius 2 is 2.05 bits per heavy atom. The molecule has 0 aliphatic carbocycles. The number of nitrogens with zero attached hydrogens (tertiary/aromatic N) is 1. The number of aryl methyl sites for hydroxylation is 1. The van der Waals surface area contributed by atoms with E-state index < -0.39 is 16.2 Å². The third-order valence-electron chi connectivity index (χ3n) is 3.11. The molecule has 7 nitrogen and oxygen atoms in total. The summed E-state index contributed by atoms with van der Waals surface area (Å²) in [6.07, 6.45) is 0.377. The summed E-state index contributed by atoms with van der Waals surface area (Å²) in [5.41, 5.74) is 1.21. The van der Waals surface area contributed by atoms with Gasteiger partial charge in [0.05, 0.1) is 18.9 Å². The Hall–Kier alpha value is -1.64. The maximum Gasteiger partial charge on any atom is 0.303 e. The van der Waals surface area contributed by atoms with Gasteiger partial charge in [-0.3, -0.25) is 9.52 Å². The van der Waals surface area contributed by atoms with E-state index in [0.29, 0.717) is 38.4 Å². The van der Waals surface area contributed by atoms with Gasteiger partial charge < -0.3 is 9.84 Å². The number of carboxylic acid groups (broad SMARTS) is 1. The van der Waals surface area contributed by atoms with Crippen LogP contribution in [0.1, 0.15) is 12.0 Å². The first-order chi connectivity index (χ1) is 9.97. The van der Waals surface area contributed by atoms with Gasteiger partial charge in [-0.15, -0.1) is 0 Å². The average molecular weight is 314 g/mol. The van der Waals surface area contributed by atoms with Crippen molar-refractivity contribution < 1.29 is 23.1 Å². The van der Waals surface area contributed by atoms with E-state index in [9.17, 15) is 13.2 Å². The minimum atomic E-state index is -3.60. The van der Waals surface area contributed by atoms with Crippen molar-refractivity contribution in [2.75, 3.05) is 31.0 Å². The van der Waals surface area contributed by atoms with Crippen LogP contribution in [0.25, 0.3) is 0 Å². The molecule has 0 amide bonds. The highest BCUT2D eigenvalue weighted by molar-refractivity contribution is 7.90. The Morgan fingerprint density at radius 1 is 1.33 bits per heavy atom. The van der Waals surface area contributed by atoms with Crippen LogP contribution in [0.5, 0.6) is 0 Å². The molecule has 1 aromatic rings. The molecule has 1 aliphatic heterocycles. The number of ether oxygens (including phenoxy) is 1. The van der Waals surface area contributed by atoms with Crippen molar-refractivity contribution in [1.29, 1.82) is 0 Å². The van der Waals surface area contributed by atoms with Crippen LogP contribution >= 0.6 is 0 Å². The minimum absolute atomic E-state index is 0.0136. The Labute approximate surface area is 123 Å². The van der Waals surface area contributed by atoms with E-state index in [1.165, 1.54) is 4.31 Å². The van der Waals surface area contributed by atoms with Gasteiger partial charge in [-0.05, 0) is 24.1 Å². The maximum atomic E-state index is 12.2. The fourth-order valence-electron chi connectivity index (χ4n) is 2.04. The molecule has 0 aromatic heterocycles. The number of morpholine rings is 1. The smallest absolute Gasteiger partial charge is 0.303 e. The Kier molecular flexibility index (Phi) is 5.16. The Morgan fingerprint density at radius 3 is 2.71 bits per heavy atom. The Bertz CT molecular complexity index is 596. The highest BCUT2D eigenvalue weighted by Gasteiger charge is 2.24. The molecule has 0 bridgehead atoms. The second-order valence-electron chi connectivity index (χ2n) is 4.71. The van der Waals surface area contributed by atoms with Crippen LogP contribution in [0.2, 0.25) is 0 Å². The van der Waals surface area contributed by atoms with Gasteiger partial charge in [0.25, 0.3) is 0 Å². The lowest BCUT2D eigenvalue weighted by atomic mass is 10.1. The number of aliphatic carboxylic acids is 1. The van der Waals surface area contributed by atoms with Crippen molar-refractivity contribution in [3.05, 3.63) is 29.8 Å². The van der Waals surface area contributed by atoms with E-state index in [2.05, 4.69) is 4.72 Å². The van der Waals surface area contributed by atoms with Crippen LogP contribution in [0.4, 0.5) is 5.69 Å². The third-order valence-corrected chi connectivity index (χ3v) is 4.65. The van der Waals surface area contributed by atoms with Gasteiger partial charge in [0.15, 0.2) is 0 Å². The quantitative estimate of drug-likeness (QED) is 0.805. The molecule has 0 spiro atoms. The van der Waals surface area contributed by atoms with E-state index in [1.807, 2.05) is 0 Å². The van der Waals surface area contributed by atoms with Crippen LogP contribution < -0.4 is 4.72 Å². The minimum Gasteiger partial charge on any atom is -0.481 e. The molecule has 1 aliphatic rings. The summed E-state index contributed by atoms with van der Waals surface area (Å²) in [6, 6.07) is 6.77. The molecule has 0 atom stereocenters. The number of benzene rings is 1. The van der Waals surface area contributed by atoms with E-state index in [4.69, 9.17) is 9.84 Å². The number of carboxylic acids is 1. The van der Waals surface area contributed by atoms with E-state index in [0.717, 1.165) is 5.56 Å². The molecular formula is C13H18N2O5S. The average Bonchev–Trinajstić information content (AvgIpc) is 2.46. The van der Waals surface area contributed by atoms with Crippen molar-refractivity contribution in [1.82, 2.24) is 4.31 Å². The van der Waals surface area contributed by atoms with Gasteiger partial charge in [-0.2, -0.15) is 12.7 Å². The molecule has 1 fully saturated rings. The lowest BCUT2D eigenvalue weighted by Crippen LogP contribution is -2.43. The van der Waals surface area contributed by atoms with Crippen molar-refractivity contribution in [2.45, 2.75) is 12.8 Å². The molecule has 8 heteroatoms.